The fraction of sp³-hybridized carbons (Fsp3) is 0.333. The van der Waals surface area contributed by atoms with E-state index in [1.807, 2.05) is 0 Å². The van der Waals surface area contributed by atoms with Crippen LogP contribution in [0.15, 0.2) is 16.5 Å². The van der Waals surface area contributed by atoms with E-state index >= 15 is 0 Å². The number of ketones is 1. The molecule has 1 aromatic rings. The van der Waals surface area contributed by atoms with Crippen molar-refractivity contribution in [2.75, 3.05) is 6.61 Å². The van der Waals surface area contributed by atoms with E-state index in [9.17, 15) is 9.59 Å². The molecule has 1 N–H and O–H groups in total. The molecule has 0 aliphatic heterocycles. The Morgan fingerprint density at radius 2 is 2.22 bits per heavy atom. The second-order valence-corrected chi connectivity index (χ2v) is 3.70. The Morgan fingerprint density at radius 1 is 1.56 bits per heavy atom. The van der Waals surface area contributed by atoms with Crippen molar-refractivity contribution >= 4 is 17.5 Å². The molecule has 0 aliphatic rings. The van der Waals surface area contributed by atoms with Crippen LogP contribution in [0.2, 0.25) is 0 Å². The maximum atomic E-state index is 11.5. The molecule has 1 heterocycles. The summed E-state index contributed by atoms with van der Waals surface area (Å²) < 4.78 is 9.72. The maximum absolute atomic E-state index is 11.5. The van der Waals surface area contributed by atoms with Crippen molar-refractivity contribution in [1.82, 2.24) is 0 Å². The number of carbonyl (C=O) groups is 2. The van der Waals surface area contributed by atoms with E-state index < -0.39 is 24.3 Å². The molecule has 0 radical (unpaired) electrons. The molecule has 1 rings (SSSR count). The summed E-state index contributed by atoms with van der Waals surface area (Å²) in [5.41, 5.74) is -0.0765. The molecule has 1 atom stereocenters. The van der Waals surface area contributed by atoms with Gasteiger partial charge in [0, 0.05) is 5.71 Å². The lowest BCUT2D eigenvalue weighted by Crippen LogP contribution is -2.25. The molecule has 6 nitrogen and oxygen atoms in total. The molecule has 6 heteroatoms. The standard InChI is InChI=1S/C12H12N2O4/c1-7-3-4-11(18-7)12(16)17-6-10(15)9(5-13)8(2)14/h3-4,9,14H,6H2,1-2H3/t9-/m1/s1. The van der Waals surface area contributed by atoms with Gasteiger partial charge in [-0.15, -0.1) is 0 Å². The minimum absolute atomic E-state index is 0.000354. The van der Waals surface area contributed by atoms with Crippen molar-refractivity contribution in [3.05, 3.63) is 23.7 Å². The average Bonchev–Trinajstić information content (AvgIpc) is 2.73. The van der Waals surface area contributed by atoms with Crippen molar-refractivity contribution in [1.29, 1.82) is 10.7 Å². The van der Waals surface area contributed by atoms with Gasteiger partial charge >= 0.3 is 5.97 Å². The number of hydrogen-bond donors (Lipinski definition) is 1. The van der Waals surface area contributed by atoms with E-state index in [1.54, 1.807) is 19.1 Å². The number of nitriles is 1. The molecule has 0 aromatic carbocycles. The van der Waals surface area contributed by atoms with Gasteiger partial charge in [-0.2, -0.15) is 5.26 Å². The third kappa shape index (κ3) is 3.28. The Labute approximate surface area is 104 Å². The number of ether oxygens (including phenoxy) is 1. The molecule has 18 heavy (non-hydrogen) atoms. The summed E-state index contributed by atoms with van der Waals surface area (Å²) in [4.78, 5) is 22.9. The van der Waals surface area contributed by atoms with Gasteiger partial charge in [0.2, 0.25) is 5.76 Å². The molecule has 0 spiro atoms. The van der Waals surface area contributed by atoms with E-state index in [4.69, 9.17) is 19.8 Å². The molecule has 0 amide bonds. The quantitative estimate of drug-likeness (QED) is 0.628. The summed E-state index contributed by atoms with van der Waals surface area (Å²) in [5, 5.41) is 15.9. The van der Waals surface area contributed by atoms with Gasteiger partial charge in [-0.1, -0.05) is 0 Å². The maximum Gasteiger partial charge on any atom is 0.374 e. The van der Waals surface area contributed by atoms with Crippen LogP contribution < -0.4 is 0 Å². The Kier molecular flexibility index (Phi) is 4.38. The number of nitrogens with zero attached hydrogens (tertiary/aromatic N) is 1. The third-order valence-electron chi connectivity index (χ3n) is 2.17. The average molecular weight is 248 g/mol. The largest absolute Gasteiger partial charge is 0.454 e. The van der Waals surface area contributed by atoms with Crippen molar-refractivity contribution in [3.8, 4) is 6.07 Å². The molecule has 0 aliphatic carbocycles. The SMILES string of the molecule is CC(=N)[C@@H](C#N)C(=O)COC(=O)c1ccc(C)o1. The highest BCUT2D eigenvalue weighted by atomic mass is 16.5. The van der Waals surface area contributed by atoms with Gasteiger partial charge in [-0.05, 0) is 26.0 Å². The Morgan fingerprint density at radius 3 is 2.67 bits per heavy atom. The fourth-order valence-corrected chi connectivity index (χ4v) is 1.25. The third-order valence-corrected chi connectivity index (χ3v) is 2.17. The lowest BCUT2D eigenvalue weighted by atomic mass is 10.0. The Bertz CT molecular complexity index is 524. The number of nitrogens with one attached hydrogen (secondary N) is 1. The first kappa shape index (κ1) is 13.6. The van der Waals surface area contributed by atoms with Crippen molar-refractivity contribution < 1.29 is 18.7 Å². The number of aryl methyl sites for hydroxylation is 1. The number of Topliss-reactive ketones (excluding diaryl/α,β-unsaturated/α-hetero) is 1. The molecule has 0 unspecified atom stereocenters. The van der Waals surface area contributed by atoms with Gasteiger partial charge in [0.05, 0.1) is 6.07 Å². The van der Waals surface area contributed by atoms with Crippen LogP contribution in [-0.2, 0) is 9.53 Å². The lowest BCUT2D eigenvalue weighted by molar-refractivity contribution is -0.122. The lowest BCUT2D eigenvalue weighted by Gasteiger charge is -2.06. The van der Waals surface area contributed by atoms with Crippen LogP contribution in [-0.4, -0.2) is 24.1 Å². The Hall–Kier alpha value is -2.42. The molecule has 0 fully saturated rings. The molecule has 0 saturated heterocycles. The highest BCUT2D eigenvalue weighted by molar-refractivity contribution is 6.06. The number of furan rings is 1. The Balaban J connectivity index is 2.56. The van der Waals surface area contributed by atoms with Crippen molar-refractivity contribution in [3.63, 3.8) is 0 Å². The zero-order chi connectivity index (χ0) is 13.7. The molecule has 0 bridgehead atoms. The predicted octanol–water partition coefficient (Wildman–Crippen LogP) is 1.49. The first-order valence-electron chi connectivity index (χ1n) is 5.16. The van der Waals surface area contributed by atoms with Crippen molar-refractivity contribution in [2.24, 2.45) is 5.92 Å². The highest BCUT2D eigenvalue weighted by Crippen LogP contribution is 2.08. The number of rotatable bonds is 5. The van der Waals surface area contributed by atoms with Crippen LogP contribution in [0.25, 0.3) is 0 Å². The predicted molar refractivity (Wildman–Crippen MR) is 61.2 cm³/mol. The minimum Gasteiger partial charge on any atom is -0.454 e. The first-order valence-corrected chi connectivity index (χ1v) is 5.16. The van der Waals surface area contributed by atoms with Gasteiger partial charge in [-0.25, -0.2) is 4.79 Å². The van der Waals surface area contributed by atoms with Crippen LogP contribution in [0.5, 0.6) is 0 Å². The summed E-state index contributed by atoms with van der Waals surface area (Å²) in [7, 11) is 0. The van der Waals surface area contributed by atoms with Gasteiger partial charge in [0.1, 0.15) is 11.7 Å². The van der Waals surface area contributed by atoms with Crippen LogP contribution in [0.4, 0.5) is 0 Å². The van der Waals surface area contributed by atoms with Crippen LogP contribution in [0.1, 0.15) is 23.2 Å². The molecule has 94 valence electrons. The van der Waals surface area contributed by atoms with Crippen LogP contribution in [0, 0.1) is 29.6 Å². The molecular formula is C12H12N2O4. The van der Waals surface area contributed by atoms with E-state index in [2.05, 4.69) is 0 Å². The summed E-state index contributed by atoms with van der Waals surface area (Å²) in [5.74, 6) is -2.01. The van der Waals surface area contributed by atoms with Gasteiger partial charge in [0.15, 0.2) is 12.4 Å². The summed E-state index contributed by atoms with van der Waals surface area (Å²) >= 11 is 0. The fourth-order valence-electron chi connectivity index (χ4n) is 1.25. The second-order valence-electron chi connectivity index (χ2n) is 3.70. The molecule has 1 aromatic heterocycles. The zero-order valence-corrected chi connectivity index (χ0v) is 10.0. The topological polar surface area (TPSA) is 104 Å². The first-order chi connectivity index (χ1) is 8.45. The van der Waals surface area contributed by atoms with Crippen LogP contribution in [0.3, 0.4) is 0 Å². The monoisotopic (exact) mass is 248 g/mol. The summed E-state index contributed by atoms with van der Waals surface area (Å²) in [6.07, 6.45) is 0. The zero-order valence-electron chi connectivity index (χ0n) is 10.0. The molecule has 0 saturated carbocycles. The highest BCUT2D eigenvalue weighted by Gasteiger charge is 2.22. The number of carbonyl (C=O) groups excluding carboxylic acids is 2. The van der Waals surface area contributed by atoms with Gasteiger partial charge in [-0.3, -0.25) is 4.79 Å². The van der Waals surface area contributed by atoms with Crippen molar-refractivity contribution in [2.45, 2.75) is 13.8 Å². The summed E-state index contributed by atoms with van der Waals surface area (Å²) in [6.45, 7) is 2.47. The van der Waals surface area contributed by atoms with E-state index in [0.717, 1.165) is 0 Å². The second kappa shape index (κ2) is 5.77. The minimum atomic E-state index is -1.17. The molecular weight excluding hydrogens is 236 g/mol. The summed E-state index contributed by atoms with van der Waals surface area (Å²) in [6, 6.07) is 4.71. The van der Waals surface area contributed by atoms with Gasteiger partial charge in [0.25, 0.3) is 0 Å². The number of hydrogen-bond acceptors (Lipinski definition) is 6. The smallest absolute Gasteiger partial charge is 0.374 e. The van der Waals surface area contributed by atoms with Gasteiger partial charge < -0.3 is 14.6 Å². The van der Waals surface area contributed by atoms with E-state index in [-0.39, 0.29) is 11.5 Å². The number of esters is 1. The van der Waals surface area contributed by atoms with E-state index in [0.29, 0.717) is 5.76 Å². The normalized spacial score (nSPS) is 11.4. The van der Waals surface area contributed by atoms with Crippen LogP contribution >= 0.6 is 0 Å². The van der Waals surface area contributed by atoms with E-state index in [1.165, 1.54) is 13.0 Å².